The molecule has 104 valence electrons. The Kier molecular flexibility index (Phi) is 6.89. The summed E-state index contributed by atoms with van der Waals surface area (Å²) in [5.74, 6) is 0.101. The largest absolute Gasteiger partial charge is 0.354 e. The van der Waals surface area contributed by atoms with E-state index < -0.39 is 6.04 Å². The molecule has 0 fully saturated rings. The molecular formula is C13H23ClN2OS. The van der Waals surface area contributed by atoms with Gasteiger partial charge in [0.05, 0.1) is 6.04 Å². The first-order valence-corrected chi connectivity index (χ1v) is 6.80. The van der Waals surface area contributed by atoms with Crippen LogP contribution in [0.5, 0.6) is 0 Å². The molecular weight excluding hydrogens is 268 g/mol. The summed E-state index contributed by atoms with van der Waals surface area (Å²) in [6, 6.07) is 3.71. The molecule has 1 heterocycles. The van der Waals surface area contributed by atoms with Gasteiger partial charge in [0, 0.05) is 16.8 Å². The number of hydrogen-bond donors (Lipinski definition) is 2. The highest BCUT2D eigenvalue weighted by molar-refractivity contribution is 7.10. The van der Waals surface area contributed by atoms with E-state index >= 15 is 0 Å². The van der Waals surface area contributed by atoms with Crippen molar-refractivity contribution in [1.82, 2.24) is 5.32 Å². The SMILES string of the molecule is CC(C)C(N)C(=O)NCC(C)(C)c1cccs1.Cl. The molecule has 3 nitrogen and oxygen atoms in total. The quantitative estimate of drug-likeness (QED) is 0.876. The van der Waals surface area contributed by atoms with Crippen LogP contribution in [0.15, 0.2) is 17.5 Å². The Bertz CT molecular complexity index is 363. The number of rotatable bonds is 5. The summed E-state index contributed by atoms with van der Waals surface area (Å²) in [4.78, 5) is 13.0. The molecule has 0 radical (unpaired) electrons. The van der Waals surface area contributed by atoms with Crippen LogP contribution in [0.3, 0.4) is 0 Å². The van der Waals surface area contributed by atoms with E-state index in [-0.39, 0.29) is 29.6 Å². The van der Waals surface area contributed by atoms with Gasteiger partial charge in [-0.15, -0.1) is 23.7 Å². The molecule has 0 saturated carbocycles. The van der Waals surface area contributed by atoms with Crippen LogP contribution in [0.4, 0.5) is 0 Å². The summed E-state index contributed by atoms with van der Waals surface area (Å²) >= 11 is 1.71. The van der Waals surface area contributed by atoms with Crippen molar-refractivity contribution >= 4 is 29.7 Å². The van der Waals surface area contributed by atoms with Crippen LogP contribution in [0, 0.1) is 5.92 Å². The van der Waals surface area contributed by atoms with Gasteiger partial charge in [0.15, 0.2) is 0 Å². The van der Waals surface area contributed by atoms with Crippen molar-refractivity contribution in [3.63, 3.8) is 0 Å². The van der Waals surface area contributed by atoms with Crippen LogP contribution in [0.1, 0.15) is 32.6 Å². The second-order valence-corrected chi connectivity index (χ2v) is 6.30. The first kappa shape index (κ1) is 17.4. The van der Waals surface area contributed by atoms with Crippen LogP contribution in [0.25, 0.3) is 0 Å². The third-order valence-corrected chi connectivity index (χ3v) is 4.15. The van der Waals surface area contributed by atoms with Crippen LogP contribution in [-0.4, -0.2) is 18.5 Å². The Labute approximate surface area is 120 Å². The first-order valence-electron chi connectivity index (χ1n) is 5.92. The number of halogens is 1. The number of nitrogens with one attached hydrogen (secondary N) is 1. The van der Waals surface area contributed by atoms with Crippen molar-refractivity contribution in [2.45, 2.75) is 39.2 Å². The maximum atomic E-state index is 11.8. The molecule has 5 heteroatoms. The molecule has 0 aromatic carbocycles. The molecule has 18 heavy (non-hydrogen) atoms. The number of carbonyl (C=O) groups is 1. The van der Waals surface area contributed by atoms with E-state index in [2.05, 4.69) is 30.6 Å². The summed E-state index contributed by atoms with van der Waals surface area (Å²) in [6.45, 7) is 8.77. The average molecular weight is 291 g/mol. The van der Waals surface area contributed by atoms with Crippen LogP contribution in [0.2, 0.25) is 0 Å². The Balaban J connectivity index is 0.00000289. The summed E-state index contributed by atoms with van der Waals surface area (Å²) < 4.78 is 0. The smallest absolute Gasteiger partial charge is 0.237 e. The number of thiophene rings is 1. The van der Waals surface area contributed by atoms with E-state index in [1.54, 1.807) is 11.3 Å². The highest BCUT2D eigenvalue weighted by Crippen LogP contribution is 2.26. The number of nitrogens with two attached hydrogens (primary N) is 1. The molecule has 1 amide bonds. The lowest BCUT2D eigenvalue weighted by Crippen LogP contribution is -2.47. The number of hydrogen-bond acceptors (Lipinski definition) is 3. The minimum atomic E-state index is -0.422. The molecule has 3 N–H and O–H groups in total. The molecule has 0 saturated heterocycles. The first-order chi connectivity index (χ1) is 7.84. The molecule has 0 aliphatic heterocycles. The van der Waals surface area contributed by atoms with Crippen LogP contribution < -0.4 is 11.1 Å². The van der Waals surface area contributed by atoms with Crippen molar-refractivity contribution in [3.05, 3.63) is 22.4 Å². The Morgan fingerprint density at radius 1 is 1.50 bits per heavy atom. The summed E-state index contributed by atoms with van der Waals surface area (Å²) in [5, 5.41) is 4.99. The second-order valence-electron chi connectivity index (χ2n) is 5.35. The Morgan fingerprint density at radius 2 is 2.11 bits per heavy atom. The third kappa shape index (κ3) is 4.59. The summed E-state index contributed by atoms with van der Waals surface area (Å²) in [5.41, 5.74) is 5.76. The summed E-state index contributed by atoms with van der Waals surface area (Å²) in [6.07, 6.45) is 0. The van der Waals surface area contributed by atoms with Gasteiger partial charge in [-0.05, 0) is 17.4 Å². The van der Waals surface area contributed by atoms with Crippen molar-refractivity contribution < 1.29 is 4.79 Å². The zero-order chi connectivity index (χ0) is 13.1. The fourth-order valence-electron chi connectivity index (χ4n) is 1.48. The monoisotopic (exact) mass is 290 g/mol. The molecule has 0 bridgehead atoms. The minimum absolute atomic E-state index is 0. The van der Waals surface area contributed by atoms with Gasteiger partial charge in [0.1, 0.15) is 0 Å². The van der Waals surface area contributed by atoms with E-state index in [0.29, 0.717) is 6.54 Å². The van der Waals surface area contributed by atoms with Crippen molar-refractivity contribution in [1.29, 1.82) is 0 Å². The fourth-order valence-corrected chi connectivity index (χ4v) is 2.33. The van der Waals surface area contributed by atoms with Gasteiger partial charge in [-0.1, -0.05) is 33.8 Å². The zero-order valence-corrected chi connectivity index (χ0v) is 13.0. The van der Waals surface area contributed by atoms with Gasteiger partial charge in [-0.2, -0.15) is 0 Å². The van der Waals surface area contributed by atoms with Crippen molar-refractivity contribution in [2.24, 2.45) is 11.7 Å². The van der Waals surface area contributed by atoms with Gasteiger partial charge < -0.3 is 11.1 Å². The molecule has 0 aliphatic rings. The lowest BCUT2D eigenvalue weighted by atomic mass is 9.91. The molecule has 1 rings (SSSR count). The van der Waals surface area contributed by atoms with E-state index in [1.165, 1.54) is 4.88 Å². The molecule has 0 spiro atoms. The lowest BCUT2D eigenvalue weighted by molar-refractivity contribution is -0.123. The Morgan fingerprint density at radius 3 is 2.56 bits per heavy atom. The van der Waals surface area contributed by atoms with E-state index in [0.717, 1.165) is 0 Å². The molecule has 0 aliphatic carbocycles. The second kappa shape index (κ2) is 7.12. The molecule has 1 aromatic heterocycles. The normalized spacial score (nSPS) is 13.0. The van der Waals surface area contributed by atoms with Gasteiger partial charge in [-0.25, -0.2) is 0 Å². The third-order valence-electron chi connectivity index (χ3n) is 2.91. The predicted molar refractivity (Wildman–Crippen MR) is 80.4 cm³/mol. The number of carbonyl (C=O) groups excluding carboxylic acids is 1. The molecule has 1 unspecified atom stereocenters. The molecule has 1 aromatic rings. The highest BCUT2D eigenvalue weighted by Gasteiger charge is 2.24. The van der Waals surface area contributed by atoms with Gasteiger partial charge in [0.2, 0.25) is 5.91 Å². The average Bonchev–Trinajstić information content (AvgIpc) is 2.78. The molecule has 1 atom stereocenters. The van der Waals surface area contributed by atoms with Crippen molar-refractivity contribution in [2.75, 3.05) is 6.54 Å². The fraction of sp³-hybridized carbons (Fsp3) is 0.615. The van der Waals surface area contributed by atoms with E-state index in [1.807, 2.05) is 19.9 Å². The highest BCUT2D eigenvalue weighted by atomic mass is 35.5. The minimum Gasteiger partial charge on any atom is -0.354 e. The van der Waals surface area contributed by atoms with Crippen LogP contribution >= 0.6 is 23.7 Å². The maximum Gasteiger partial charge on any atom is 0.237 e. The van der Waals surface area contributed by atoms with E-state index in [9.17, 15) is 4.79 Å². The zero-order valence-electron chi connectivity index (χ0n) is 11.4. The van der Waals surface area contributed by atoms with Crippen LogP contribution in [-0.2, 0) is 10.2 Å². The Hall–Kier alpha value is -0.580. The van der Waals surface area contributed by atoms with E-state index in [4.69, 9.17) is 5.73 Å². The van der Waals surface area contributed by atoms with Crippen molar-refractivity contribution in [3.8, 4) is 0 Å². The van der Waals surface area contributed by atoms with Gasteiger partial charge in [-0.3, -0.25) is 4.79 Å². The number of amides is 1. The van der Waals surface area contributed by atoms with Gasteiger partial charge in [0.25, 0.3) is 0 Å². The lowest BCUT2D eigenvalue weighted by Gasteiger charge is -2.25. The maximum absolute atomic E-state index is 11.8. The predicted octanol–water partition coefficient (Wildman–Crippen LogP) is 2.55. The topological polar surface area (TPSA) is 55.1 Å². The standard InChI is InChI=1S/C13H22N2OS.ClH/c1-9(2)11(14)12(16)15-8-13(3,4)10-6-5-7-17-10;/h5-7,9,11H,8,14H2,1-4H3,(H,15,16);1H. The summed E-state index contributed by atoms with van der Waals surface area (Å²) in [7, 11) is 0. The van der Waals surface area contributed by atoms with Gasteiger partial charge >= 0.3 is 0 Å².